The summed E-state index contributed by atoms with van der Waals surface area (Å²) < 4.78 is 39.0. The van der Waals surface area contributed by atoms with Crippen LogP contribution in [0.3, 0.4) is 0 Å². The molecular weight excluding hydrogens is 335 g/mol. The highest BCUT2D eigenvalue weighted by atomic mass is 19.4. The Balaban J connectivity index is 1.90. The van der Waals surface area contributed by atoms with Gasteiger partial charge in [0.2, 0.25) is 0 Å². The number of aromatic nitrogens is 2. The lowest BCUT2D eigenvalue weighted by Crippen LogP contribution is -2.08. The Kier molecular flexibility index (Phi) is 4.26. The van der Waals surface area contributed by atoms with Crippen molar-refractivity contribution in [2.45, 2.75) is 12.7 Å². The van der Waals surface area contributed by atoms with E-state index in [1.165, 1.54) is 16.9 Å². The highest BCUT2D eigenvalue weighted by molar-refractivity contribution is 5.73. The first kappa shape index (κ1) is 16.7. The average Bonchev–Trinajstić information content (AvgIpc) is 3.04. The van der Waals surface area contributed by atoms with E-state index in [1.54, 1.807) is 42.5 Å². The summed E-state index contributed by atoms with van der Waals surface area (Å²) in [5.74, 6) is 0. The highest BCUT2D eigenvalue weighted by Gasteiger charge is 2.33. The van der Waals surface area contributed by atoms with E-state index in [0.717, 1.165) is 6.07 Å². The zero-order valence-electron chi connectivity index (χ0n) is 12.8. The highest BCUT2D eigenvalue weighted by Crippen LogP contribution is 2.30. The zero-order valence-corrected chi connectivity index (χ0v) is 12.8. The lowest BCUT2D eigenvalue weighted by atomic mass is 10.0. The van der Waals surface area contributed by atoms with Crippen LogP contribution in [-0.4, -0.2) is 14.7 Å². The van der Waals surface area contributed by atoms with Gasteiger partial charge in [0.15, 0.2) is 5.69 Å². The predicted octanol–water partition coefficient (Wildman–Crippen LogP) is 4.53. The summed E-state index contributed by atoms with van der Waals surface area (Å²) >= 11 is 0. The third kappa shape index (κ3) is 3.68. The third-order valence-corrected chi connectivity index (χ3v) is 3.61. The van der Waals surface area contributed by atoms with Crippen LogP contribution in [-0.2, 0) is 12.7 Å². The van der Waals surface area contributed by atoms with E-state index < -0.39 is 16.8 Å². The summed E-state index contributed by atoms with van der Waals surface area (Å²) in [4.78, 5) is 10.7. The quantitative estimate of drug-likeness (QED) is 0.515. The average molecular weight is 347 g/mol. The second-order valence-corrected chi connectivity index (χ2v) is 5.37. The van der Waals surface area contributed by atoms with Gasteiger partial charge < -0.3 is 0 Å². The van der Waals surface area contributed by atoms with Crippen LogP contribution in [0, 0.1) is 10.1 Å². The van der Waals surface area contributed by atoms with E-state index in [2.05, 4.69) is 5.10 Å². The summed E-state index contributed by atoms with van der Waals surface area (Å²) in [6, 6.07) is 14.1. The first-order valence-corrected chi connectivity index (χ1v) is 7.28. The Labute approximate surface area is 140 Å². The van der Waals surface area contributed by atoms with Crippen molar-refractivity contribution in [1.82, 2.24) is 9.78 Å². The molecule has 0 saturated carbocycles. The molecule has 2 aromatic carbocycles. The van der Waals surface area contributed by atoms with Crippen molar-refractivity contribution in [2.75, 3.05) is 0 Å². The fraction of sp³-hybridized carbons (Fsp3) is 0.118. The second kappa shape index (κ2) is 6.39. The van der Waals surface area contributed by atoms with Crippen LogP contribution in [0.25, 0.3) is 11.1 Å². The van der Waals surface area contributed by atoms with Gasteiger partial charge in [0.05, 0.1) is 17.0 Å². The second-order valence-electron chi connectivity index (χ2n) is 5.37. The molecule has 0 fully saturated rings. The fourth-order valence-corrected chi connectivity index (χ4v) is 2.50. The minimum absolute atomic E-state index is 0.0295. The van der Waals surface area contributed by atoms with Crippen molar-refractivity contribution in [2.24, 2.45) is 0 Å². The van der Waals surface area contributed by atoms with Gasteiger partial charge in [0.25, 0.3) is 5.69 Å². The monoisotopic (exact) mass is 347 g/mol. The Bertz CT molecular complexity index is 919. The largest absolute Gasteiger partial charge is 0.435 e. The molecule has 0 amide bonds. The molecule has 8 heteroatoms. The van der Waals surface area contributed by atoms with Gasteiger partial charge in [-0.05, 0) is 29.3 Å². The molecule has 0 aliphatic heterocycles. The number of halogens is 3. The van der Waals surface area contributed by atoms with E-state index in [1.807, 2.05) is 0 Å². The van der Waals surface area contributed by atoms with Crippen LogP contribution in [0.2, 0.25) is 0 Å². The maximum atomic E-state index is 12.6. The van der Waals surface area contributed by atoms with Crippen LogP contribution in [0.5, 0.6) is 0 Å². The van der Waals surface area contributed by atoms with Crippen LogP contribution < -0.4 is 0 Å². The number of nitrogens with zero attached hydrogens (tertiary/aromatic N) is 3. The Morgan fingerprint density at radius 1 is 1.08 bits per heavy atom. The van der Waals surface area contributed by atoms with Crippen LogP contribution in [0.1, 0.15) is 11.3 Å². The van der Waals surface area contributed by atoms with Crippen LogP contribution in [0.15, 0.2) is 60.8 Å². The molecule has 0 bridgehead atoms. The van der Waals surface area contributed by atoms with E-state index in [0.29, 0.717) is 16.7 Å². The lowest BCUT2D eigenvalue weighted by Gasteiger charge is -2.07. The Morgan fingerprint density at radius 3 is 2.52 bits per heavy atom. The predicted molar refractivity (Wildman–Crippen MR) is 84.9 cm³/mol. The molecule has 5 nitrogen and oxygen atoms in total. The van der Waals surface area contributed by atoms with Gasteiger partial charge in [-0.15, -0.1) is 0 Å². The first-order valence-electron chi connectivity index (χ1n) is 7.28. The summed E-state index contributed by atoms with van der Waals surface area (Å²) in [5, 5.41) is 14.7. The van der Waals surface area contributed by atoms with Gasteiger partial charge in [-0.25, -0.2) is 0 Å². The van der Waals surface area contributed by atoms with Gasteiger partial charge in [-0.1, -0.05) is 30.3 Å². The molecule has 3 aromatic rings. The van der Waals surface area contributed by atoms with Crippen molar-refractivity contribution in [3.63, 3.8) is 0 Å². The van der Waals surface area contributed by atoms with Crippen molar-refractivity contribution in [3.8, 4) is 11.1 Å². The molecule has 0 saturated heterocycles. The van der Waals surface area contributed by atoms with Gasteiger partial charge in [0.1, 0.15) is 0 Å². The zero-order chi connectivity index (χ0) is 18.0. The molecular formula is C17H12F3N3O2. The molecule has 0 aliphatic carbocycles. The molecule has 0 aliphatic rings. The molecule has 25 heavy (non-hydrogen) atoms. The number of benzene rings is 2. The molecule has 1 aromatic heterocycles. The fourth-order valence-electron chi connectivity index (χ4n) is 2.50. The Morgan fingerprint density at radius 2 is 1.84 bits per heavy atom. The molecule has 0 spiro atoms. The SMILES string of the molecule is O=[N+]([O-])c1ccccc1-c1cccc(Cn2ccc(C(F)(F)F)n2)c1. The molecule has 0 atom stereocenters. The van der Waals surface area contributed by atoms with Gasteiger partial charge in [-0.3, -0.25) is 14.8 Å². The van der Waals surface area contributed by atoms with Gasteiger partial charge in [0, 0.05) is 12.3 Å². The number of alkyl halides is 3. The van der Waals surface area contributed by atoms with Gasteiger partial charge >= 0.3 is 6.18 Å². The summed E-state index contributed by atoms with van der Waals surface area (Å²) in [5.41, 5.74) is 0.770. The number of para-hydroxylation sites is 1. The Hall–Kier alpha value is -3.16. The van der Waals surface area contributed by atoms with Crippen molar-refractivity contribution < 1.29 is 18.1 Å². The maximum Gasteiger partial charge on any atom is 0.435 e. The van der Waals surface area contributed by atoms with E-state index in [4.69, 9.17) is 0 Å². The maximum absolute atomic E-state index is 12.6. The topological polar surface area (TPSA) is 61.0 Å². The number of hydrogen-bond acceptors (Lipinski definition) is 3. The van der Waals surface area contributed by atoms with Gasteiger partial charge in [-0.2, -0.15) is 18.3 Å². The summed E-state index contributed by atoms with van der Waals surface area (Å²) in [7, 11) is 0. The molecule has 3 rings (SSSR count). The lowest BCUT2D eigenvalue weighted by molar-refractivity contribution is -0.384. The van der Waals surface area contributed by atoms with E-state index >= 15 is 0 Å². The molecule has 0 N–H and O–H groups in total. The van der Waals surface area contributed by atoms with E-state index in [9.17, 15) is 23.3 Å². The summed E-state index contributed by atoms with van der Waals surface area (Å²) in [6.07, 6.45) is -3.24. The molecule has 0 radical (unpaired) electrons. The molecule has 1 heterocycles. The smallest absolute Gasteiger partial charge is 0.268 e. The molecule has 128 valence electrons. The van der Waals surface area contributed by atoms with E-state index in [-0.39, 0.29) is 12.2 Å². The number of nitro benzene ring substituents is 1. The number of hydrogen-bond donors (Lipinski definition) is 0. The van der Waals surface area contributed by atoms with Crippen LogP contribution in [0.4, 0.5) is 18.9 Å². The first-order chi connectivity index (χ1) is 11.8. The molecule has 0 unspecified atom stereocenters. The third-order valence-electron chi connectivity index (χ3n) is 3.61. The normalized spacial score (nSPS) is 11.5. The standard InChI is InChI=1S/C17H12F3N3O2/c18-17(19,20)16-8-9-22(21-16)11-12-4-3-5-13(10-12)14-6-1-2-7-15(14)23(24)25/h1-10H,11H2. The van der Waals surface area contributed by atoms with Crippen molar-refractivity contribution >= 4 is 5.69 Å². The minimum Gasteiger partial charge on any atom is -0.268 e. The minimum atomic E-state index is -4.49. The van der Waals surface area contributed by atoms with Crippen LogP contribution >= 0.6 is 0 Å². The number of nitro groups is 1. The van der Waals surface area contributed by atoms with Crippen molar-refractivity contribution in [3.05, 3.63) is 82.2 Å². The number of rotatable bonds is 4. The van der Waals surface area contributed by atoms with Crippen molar-refractivity contribution in [1.29, 1.82) is 0 Å². The summed E-state index contributed by atoms with van der Waals surface area (Å²) in [6.45, 7) is 0.130.